The van der Waals surface area contributed by atoms with Gasteiger partial charge in [0.05, 0.1) is 19.2 Å². The fourth-order valence-corrected chi connectivity index (χ4v) is 5.51. The van der Waals surface area contributed by atoms with Gasteiger partial charge in [0.15, 0.2) is 0 Å². The van der Waals surface area contributed by atoms with Crippen LogP contribution in [-0.4, -0.2) is 76.0 Å². The maximum atomic E-state index is 15.1. The smallest absolute Gasteiger partial charge is 0.382 e. The van der Waals surface area contributed by atoms with Gasteiger partial charge in [0.25, 0.3) is 5.91 Å². The van der Waals surface area contributed by atoms with E-state index in [2.05, 4.69) is 20.7 Å². The Bertz CT molecular complexity index is 1310. The van der Waals surface area contributed by atoms with E-state index in [1.54, 1.807) is 0 Å². The Labute approximate surface area is 244 Å². The minimum atomic E-state index is -4.65. The predicted molar refractivity (Wildman–Crippen MR) is 143 cm³/mol. The number of aromatic nitrogens is 3. The van der Waals surface area contributed by atoms with Crippen LogP contribution >= 0.6 is 0 Å². The lowest BCUT2D eigenvalue weighted by Crippen LogP contribution is -2.53. The lowest BCUT2D eigenvalue weighted by molar-refractivity contribution is -0.150. The fraction of sp³-hybridized carbons (Fsp3) is 0.593. The number of amides is 4. The summed E-state index contributed by atoms with van der Waals surface area (Å²) in [6.07, 6.45) is 0.291. The largest absolute Gasteiger partial charge is 0.410 e. The van der Waals surface area contributed by atoms with Crippen molar-refractivity contribution in [3.63, 3.8) is 0 Å². The van der Waals surface area contributed by atoms with Gasteiger partial charge in [-0.05, 0) is 48.4 Å². The number of alkyl halides is 5. The zero-order valence-corrected chi connectivity index (χ0v) is 23.8. The molecule has 1 saturated carbocycles. The van der Waals surface area contributed by atoms with Crippen LogP contribution in [0.25, 0.3) is 0 Å². The Kier molecular flexibility index (Phi) is 9.57. The lowest BCUT2D eigenvalue weighted by atomic mass is 9.79. The number of ether oxygens (including phenoxy) is 1. The average molecular weight is 616 g/mol. The van der Waals surface area contributed by atoms with Crippen LogP contribution in [0.1, 0.15) is 49.9 Å². The van der Waals surface area contributed by atoms with Crippen LogP contribution in [0.3, 0.4) is 0 Å². The van der Waals surface area contributed by atoms with Crippen LogP contribution < -0.4 is 16.0 Å². The van der Waals surface area contributed by atoms with E-state index >= 15 is 8.78 Å². The number of aryl methyl sites for hydroxylation is 1. The van der Waals surface area contributed by atoms with E-state index in [0.29, 0.717) is 24.3 Å². The molecule has 4 amide bonds. The number of hydrogen-bond donors (Lipinski definition) is 3. The number of urea groups is 1. The monoisotopic (exact) mass is 615 g/mol. The molecular weight excluding hydrogens is 581 g/mol. The number of nitrogens with zero attached hydrogens (tertiary/aromatic N) is 4. The zero-order valence-electron chi connectivity index (χ0n) is 23.8. The van der Waals surface area contributed by atoms with Gasteiger partial charge in [-0.2, -0.15) is 27.1 Å². The molecule has 11 nitrogen and oxygen atoms in total. The van der Waals surface area contributed by atoms with Crippen molar-refractivity contribution in [2.75, 3.05) is 25.6 Å². The van der Waals surface area contributed by atoms with Crippen LogP contribution in [0.2, 0.25) is 0 Å². The first-order valence-electron chi connectivity index (χ1n) is 13.8. The highest BCUT2D eigenvalue weighted by Gasteiger charge is 2.49. The van der Waals surface area contributed by atoms with Crippen molar-refractivity contribution in [3.05, 3.63) is 41.9 Å². The molecule has 1 aliphatic carbocycles. The van der Waals surface area contributed by atoms with Gasteiger partial charge in [-0.1, -0.05) is 19.8 Å². The first-order chi connectivity index (χ1) is 20.2. The van der Waals surface area contributed by atoms with E-state index < -0.39 is 66.2 Å². The molecular formula is C27H34F5N7O4. The molecule has 16 heteroatoms. The quantitative estimate of drug-likeness (QED) is 0.351. The summed E-state index contributed by atoms with van der Waals surface area (Å²) in [5.74, 6) is -6.50. The van der Waals surface area contributed by atoms with Crippen molar-refractivity contribution in [2.45, 2.75) is 62.8 Å². The molecule has 0 radical (unpaired) electrons. The maximum Gasteiger partial charge on any atom is 0.410 e. The minimum Gasteiger partial charge on any atom is -0.382 e. The molecule has 1 saturated heterocycles. The summed E-state index contributed by atoms with van der Waals surface area (Å²) in [5.41, 5.74) is -0.321. The number of carbonyl (C=O) groups excluding carboxylic acids is 3. The highest BCUT2D eigenvalue weighted by atomic mass is 19.4. The molecule has 0 bridgehead atoms. The van der Waals surface area contributed by atoms with Crippen molar-refractivity contribution >= 4 is 23.7 Å². The normalized spacial score (nSPS) is 22.6. The third kappa shape index (κ3) is 7.22. The lowest BCUT2D eigenvalue weighted by Gasteiger charge is -2.33. The van der Waals surface area contributed by atoms with Gasteiger partial charge in [-0.3, -0.25) is 14.3 Å². The summed E-state index contributed by atoms with van der Waals surface area (Å²) in [4.78, 5) is 43.9. The van der Waals surface area contributed by atoms with Crippen molar-refractivity contribution in [3.8, 4) is 0 Å². The Morgan fingerprint density at radius 2 is 1.84 bits per heavy atom. The summed E-state index contributed by atoms with van der Waals surface area (Å²) in [7, 11) is 2.60. The van der Waals surface area contributed by atoms with E-state index in [4.69, 9.17) is 4.74 Å². The van der Waals surface area contributed by atoms with E-state index in [0.717, 1.165) is 34.7 Å². The summed E-state index contributed by atoms with van der Waals surface area (Å²) in [5, 5.41) is 10.4. The molecule has 2 aliphatic rings. The molecule has 1 aliphatic heterocycles. The average Bonchev–Trinajstić information content (AvgIpc) is 3.56. The Hall–Kier alpha value is -3.82. The third-order valence-electron chi connectivity index (χ3n) is 7.98. The summed E-state index contributed by atoms with van der Waals surface area (Å²) < 4.78 is 76.0. The molecule has 2 fully saturated rings. The van der Waals surface area contributed by atoms with Crippen LogP contribution in [0.5, 0.6) is 0 Å². The minimum absolute atomic E-state index is 0.0441. The Morgan fingerprint density at radius 3 is 2.42 bits per heavy atom. The molecule has 3 atom stereocenters. The topological polar surface area (TPSA) is 130 Å². The molecule has 236 valence electrons. The van der Waals surface area contributed by atoms with Crippen molar-refractivity contribution in [1.82, 2.24) is 30.3 Å². The Morgan fingerprint density at radius 1 is 1.14 bits per heavy atom. The van der Waals surface area contributed by atoms with E-state index in [1.807, 2.05) is 12.2 Å². The van der Waals surface area contributed by atoms with Crippen molar-refractivity contribution in [2.24, 2.45) is 18.9 Å². The number of rotatable bonds is 10. The zero-order chi connectivity index (χ0) is 31.5. The number of anilines is 1. The summed E-state index contributed by atoms with van der Waals surface area (Å²) in [6.45, 7) is 1.24. The molecule has 3 N–H and O–H groups in total. The second-order valence-electron chi connectivity index (χ2n) is 11.0. The molecule has 4 rings (SSSR count). The van der Waals surface area contributed by atoms with E-state index in [9.17, 15) is 27.6 Å². The second-order valence-corrected chi connectivity index (χ2v) is 11.0. The van der Waals surface area contributed by atoms with Crippen LogP contribution in [0.4, 0.5) is 32.6 Å². The summed E-state index contributed by atoms with van der Waals surface area (Å²) >= 11 is 0. The van der Waals surface area contributed by atoms with Gasteiger partial charge in [0.1, 0.15) is 23.6 Å². The van der Waals surface area contributed by atoms with Crippen LogP contribution in [0, 0.1) is 11.8 Å². The number of halogens is 5. The molecule has 1 unspecified atom stereocenters. The van der Waals surface area contributed by atoms with E-state index in [1.165, 1.54) is 32.5 Å². The van der Waals surface area contributed by atoms with Gasteiger partial charge < -0.3 is 25.6 Å². The molecule has 0 spiro atoms. The number of hydrogen-bond acceptors (Lipinski definition) is 6. The first-order valence-corrected chi connectivity index (χ1v) is 13.8. The van der Waals surface area contributed by atoms with Crippen molar-refractivity contribution in [1.29, 1.82) is 0 Å². The SMILES string of the molecule is COC[C@H](c1ccnc(NC(=O)C(NC(=O)C(F)(F)c2ccnn2C)C2CCC(C)CC2)c1)N1C[C@@H](C(F)(F)F)NC1=O. The molecule has 2 aromatic heterocycles. The van der Waals surface area contributed by atoms with Gasteiger partial charge in [-0.25, -0.2) is 9.78 Å². The number of methoxy groups -OCH3 is 1. The van der Waals surface area contributed by atoms with E-state index in [-0.39, 0.29) is 12.4 Å². The number of nitrogens with one attached hydrogen (secondary N) is 3. The van der Waals surface area contributed by atoms with Crippen LogP contribution in [-0.2, 0) is 27.3 Å². The van der Waals surface area contributed by atoms with Gasteiger partial charge in [0.2, 0.25) is 5.91 Å². The van der Waals surface area contributed by atoms with Gasteiger partial charge in [-0.15, -0.1) is 0 Å². The highest BCUT2D eigenvalue weighted by Crippen LogP contribution is 2.34. The molecule has 2 aromatic rings. The predicted octanol–water partition coefficient (Wildman–Crippen LogP) is 3.50. The van der Waals surface area contributed by atoms with Crippen molar-refractivity contribution < 1.29 is 41.1 Å². The van der Waals surface area contributed by atoms with Gasteiger partial charge >= 0.3 is 18.1 Å². The third-order valence-corrected chi connectivity index (χ3v) is 7.98. The standard InChI is InChI=1S/C27H34F5N7O4/c1-15-4-6-16(7-5-15)22(37-24(41)26(28,29)20-9-11-34-38(20)2)23(40)36-21-12-17(8-10-33-21)18(14-43-3)39-13-19(27(30,31)32)35-25(39)42/h8-12,15-16,18-19,22H,4-7,13-14H2,1-3H3,(H,35,42)(H,37,41)(H,33,36,40)/t15?,16?,18-,19+,22?/m1/s1. The maximum absolute atomic E-state index is 15.1. The Balaban J connectivity index is 1.55. The fourth-order valence-electron chi connectivity index (χ4n) is 5.51. The second kappa shape index (κ2) is 12.8. The molecule has 3 heterocycles. The molecule has 0 aromatic carbocycles. The first kappa shape index (κ1) is 32.1. The highest BCUT2D eigenvalue weighted by molar-refractivity contribution is 5.98. The van der Waals surface area contributed by atoms with Crippen LogP contribution in [0.15, 0.2) is 30.6 Å². The summed E-state index contributed by atoms with van der Waals surface area (Å²) in [6, 6.07) is -1.44. The number of carbonyl (C=O) groups is 3. The number of pyridine rings is 1. The van der Waals surface area contributed by atoms with Gasteiger partial charge in [0, 0.05) is 26.6 Å². The molecule has 43 heavy (non-hydrogen) atoms.